The Labute approximate surface area is 185 Å². The molecule has 1 amide bonds. The van der Waals surface area contributed by atoms with E-state index >= 15 is 0 Å². The smallest absolute Gasteiger partial charge is 0.368 e. The second-order valence-corrected chi connectivity index (χ2v) is 8.60. The van der Waals surface area contributed by atoms with Crippen molar-refractivity contribution in [2.24, 2.45) is 5.73 Å². The number of ether oxygens (including phenoxy) is 2. The van der Waals surface area contributed by atoms with Crippen molar-refractivity contribution < 1.29 is 19.1 Å². The molecule has 0 atom stereocenters. The lowest BCUT2D eigenvalue weighted by Gasteiger charge is -2.33. The molecule has 0 bridgehead atoms. The van der Waals surface area contributed by atoms with Crippen LogP contribution in [-0.2, 0) is 9.53 Å². The first-order chi connectivity index (χ1) is 15.0. The molecule has 0 spiro atoms. The van der Waals surface area contributed by atoms with Gasteiger partial charge in [-0.1, -0.05) is 36.8 Å². The maximum absolute atomic E-state index is 13.0. The Bertz CT molecular complexity index is 1070. The van der Waals surface area contributed by atoms with E-state index < -0.39 is 17.5 Å². The maximum atomic E-state index is 13.0. The van der Waals surface area contributed by atoms with Crippen LogP contribution in [0, 0.1) is 0 Å². The van der Waals surface area contributed by atoms with Crippen molar-refractivity contribution in [3.8, 4) is 27.4 Å². The van der Waals surface area contributed by atoms with Gasteiger partial charge < -0.3 is 15.2 Å². The zero-order chi connectivity index (χ0) is 21.8. The Morgan fingerprint density at radius 1 is 0.968 bits per heavy atom. The average Bonchev–Trinajstić information content (AvgIpc) is 3.26. The highest BCUT2D eigenvalue weighted by atomic mass is 32.1. The Balaban J connectivity index is 1.72. The van der Waals surface area contributed by atoms with Crippen LogP contribution in [0.1, 0.15) is 41.9 Å². The standard InChI is InChI=1S/C24H24N2O4S/c1-29-18-12-10-16(11-13-18)19-20(17-8-4-2-5-9-17)31-21(26-19)22(27)30-24(23(25)28)14-6-3-7-15-24/h2,4-5,8-13H,3,6-7,14-15H2,1H3,(H2,25,28). The van der Waals surface area contributed by atoms with Crippen LogP contribution < -0.4 is 10.5 Å². The van der Waals surface area contributed by atoms with Crippen molar-refractivity contribution in [2.75, 3.05) is 7.11 Å². The molecule has 1 aromatic heterocycles. The molecule has 7 heteroatoms. The van der Waals surface area contributed by atoms with Gasteiger partial charge in [0.1, 0.15) is 5.75 Å². The van der Waals surface area contributed by atoms with E-state index in [1.807, 2.05) is 54.6 Å². The predicted molar refractivity (Wildman–Crippen MR) is 120 cm³/mol. The normalized spacial score (nSPS) is 15.3. The van der Waals surface area contributed by atoms with Gasteiger partial charge in [-0.2, -0.15) is 0 Å². The minimum Gasteiger partial charge on any atom is -0.497 e. The molecule has 0 saturated heterocycles. The number of rotatable bonds is 6. The van der Waals surface area contributed by atoms with Crippen molar-refractivity contribution in [1.29, 1.82) is 0 Å². The van der Waals surface area contributed by atoms with Crippen LogP contribution in [0.3, 0.4) is 0 Å². The number of aromatic nitrogens is 1. The predicted octanol–water partition coefficient (Wildman–Crippen LogP) is 4.83. The number of nitrogens with zero attached hydrogens (tertiary/aromatic N) is 1. The number of methoxy groups -OCH3 is 1. The van der Waals surface area contributed by atoms with Gasteiger partial charge in [0.05, 0.1) is 17.7 Å². The first kappa shape index (κ1) is 21.1. The number of benzene rings is 2. The highest BCUT2D eigenvalue weighted by Crippen LogP contribution is 2.39. The van der Waals surface area contributed by atoms with Gasteiger partial charge in [-0.25, -0.2) is 9.78 Å². The lowest BCUT2D eigenvalue weighted by Crippen LogP contribution is -2.49. The minimum atomic E-state index is -1.24. The topological polar surface area (TPSA) is 91.5 Å². The lowest BCUT2D eigenvalue weighted by molar-refractivity contribution is -0.140. The van der Waals surface area contributed by atoms with E-state index in [1.165, 1.54) is 11.3 Å². The highest BCUT2D eigenvalue weighted by Gasteiger charge is 2.42. The van der Waals surface area contributed by atoms with Crippen LogP contribution in [0.4, 0.5) is 0 Å². The van der Waals surface area contributed by atoms with Gasteiger partial charge in [0, 0.05) is 5.56 Å². The molecule has 1 heterocycles. The summed E-state index contributed by atoms with van der Waals surface area (Å²) in [6.45, 7) is 0. The summed E-state index contributed by atoms with van der Waals surface area (Å²) in [6.07, 6.45) is 3.52. The average molecular weight is 437 g/mol. The van der Waals surface area contributed by atoms with Gasteiger partial charge in [0.25, 0.3) is 5.91 Å². The molecule has 31 heavy (non-hydrogen) atoms. The number of esters is 1. The van der Waals surface area contributed by atoms with Crippen LogP contribution in [0.15, 0.2) is 54.6 Å². The van der Waals surface area contributed by atoms with Crippen molar-refractivity contribution >= 4 is 23.2 Å². The van der Waals surface area contributed by atoms with Gasteiger partial charge in [0.2, 0.25) is 5.01 Å². The Kier molecular flexibility index (Phi) is 6.04. The maximum Gasteiger partial charge on any atom is 0.368 e. The monoisotopic (exact) mass is 436 g/mol. The van der Waals surface area contributed by atoms with Crippen LogP contribution in [0.5, 0.6) is 5.75 Å². The van der Waals surface area contributed by atoms with Crippen molar-refractivity contribution in [3.63, 3.8) is 0 Å². The number of thiazole rings is 1. The summed E-state index contributed by atoms with van der Waals surface area (Å²) in [6, 6.07) is 17.3. The molecule has 3 aromatic rings. The quantitative estimate of drug-likeness (QED) is 0.559. The zero-order valence-corrected chi connectivity index (χ0v) is 18.1. The summed E-state index contributed by atoms with van der Waals surface area (Å²) in [7, 11) is 1.61. The summed E-state index contributed by atoms with van der Waals surface area (Å²) in [5, 5.41) is 0.205. The van der Waals surface area contributed by atoms with Crippen LogP contribution in [0.25, 0.3) is 21.7 Å². The second-order valence-electron chi connectivity index (χ2n) is 7.60. The number of carbonyl (C=O) groups is 2. The number of nitrogens with two attached hydrogens (primary N) is 1. The summed E-state index contributed by atoms with van der Waals surface area (Å²) in [5.74, 6) is -0.459. The van der Waals surface area contributed by atoms with Gasteiger partial charge in [-0.05, 0) is 55.5 Å². The third-order valence-electron chi connectivity index (χ3n) is 5.60. The van der Waals surface area contributed by atoms with Gasteiger partial charge in [-0.15, -0.1) is 11.3 Å². The van der Waals surface area contributed by atoms with Crippen molar-refractivity contribution in [2.45, 2.75) is 37.7 Å². The number of primary amides is 1. The summed E-state index contributed by atoms with van der Waals surface area (Å²) in [4.78, 5) is 30.7. The zero-order valence-electron chi connectivity index (χ0n) is 17.3. The van der Waals surface area contributed by atoms with E-state index in [1.54, 1.807) is 7.11 Å². The van der Waals surface area contributed by atoms with E-state index in [-0.39, 0.29) is 5.01 Å². The summed E-state index contributed by atoms with van der Waals surface area (Å²) < 4.78 is 11.0. The minimum absolute atomic E-state index is 0.205. The second kappa shape index (κ2) is 8.89. The Morgan fingerprint density at radius 3 is 2.26 bits per heavy atom. The largest absolute Gasteiger partial charge is 0.497 e. The number of hydrogen-bond donors (Lipinski definition) is 1. The van der Waals surface area contributed by atoms with Crippen LogP contribution >= 0.6 is 11.3 Å². The molecule has 2 aromatic carbocycles. The molecule has 0 unspecified atom stereocenters. The first-order valence-corrected chi connectivity index (χ1v) is 11.1. The van der Waals surface area contributed by atoms with E-state index in [2.05, 4.69) is 4.98 Å². The molecule has 1 aliphatic rings. The fourth-order valence-corrected chi connectivity index (χ4v) is 4.85. The molecular formula is C24H24N2O4S. The molecule has 1 aliphatic carbocycles. The highest BCUT2D eigenvalue weighted by molar-refractivity contribution is 7.17. The summed E-state index contributed by atoms with van der Waals surface area (Å²) >= 11 is 1.26. The third kappa shape index (κ3) is 4.32. The molecule has 160 valence electrons. The van der Waals surface area contributed by atoms with Gasteiger partial charge in [-0.3, -0.25) is 4.79 Å². The van der Waals surface area contributed by atoms with Gasteiger partial charge in [0.15, 0.2) is 5.60 Å². The molecule has 6 nitrogen and oxygen atoms in total. The van der Waals surface area contributed by atoms with Crippen LogP contribution in [-0.4, -0.2) is 29.6 Å². The first-order valence-electron chi connectivity index (χ1n) is 10.3. The Hall–Kier alpha value is -3.19. The Morgan fingerprint density at radius 2 is 1.65 bits per heavy atom. The number of carbonyl (C=O) groups excluding carboxylic acids is 2. The molecule has 1 fully saturated rings. The van der Waals surface area contributed by atoms with Crippen LogP contribution in [0.2, 0.25) is 0 Å². The number of hydrogen-bond acceptors (Lipinski definition) is 6. The molecule has 0 aliphatic heterocycles. The lowest BCUT2D eigenvalue weighted by atomic mass is 9.84. The fraction of sp³-hybridized carbons (Fsp3) is 0.292. The summed E-state index contributed by atoms with van der Waals surface area (Å²) in [5.41, 5.74) is 6.88. The number of amides is 1. The molecule has 4 rings (SSSR count). The van der Waals surface area contributed by atoms with Crippen molar-refractivity contribution in [1.82, 2.24) is 4.98 Å². The fourth-order valence-electron chi connectivity index (χ4n) is 3.88. The van der Waals surface area contributed by atoms with E-state index in [4.69, 9.17) is 15.2 Å². The molecular weight excluding hydrogens is 412 g/mol. The van der Waals surface area contributed by atoms with E-state index in [0.717, 1.165) is 41.0 Å². The molecule has 0 radical (unpaired) electrons. The van der Waals surface area contributed by atoms with Gasteiger partial charge >= 0.3 is 5.97 Å². The third-order valence-corrected chi connectivity index (χ3v) is 6.68. The van der Waals surface area contributed by atoms with Crippen molar-refractivity contribution in [3.05, 3.63) is 59.6 Å². The van der Waals surface area contributed by atoms with E-state index in [9.17, 15) is 9.59 Å². The molecule has 1 saturated carbocycles. The SMILES string of the molecule is COc1ccc(-c2nc(C(=O)OC3(C(N)=O)CCCCC3)sc2-c2ccccc2)cc1. The molecule has 2 N–H and O–H groups in total. The van der Waals surface area contributed by atoms with E-state index in [0.29, 0.717) is 18.5 Å².